The predicted octanol–water partition coefficient (Wildman–Crippen LogP) is 2.33. The lowest BCUT2D eigenvalue weighted by atomic mass is 9.86. The molecule has 0 bridgehead atoms. The summed E-state index contributed by atoms with van der Waals surface area (Å²) in [4.78, 5) is 30.6. The van der Waals surface area contributed by atoms with Crippen molar-refractivity contribution in [2.75, 3.05) is 51.6 Å². The zero-order valence-electron chi connectivity index (χ0n) is 16.9. The maximum Gasteiger partial charge on any atom is 0.321 e. The number of amides is 2. The predicted molar refractivity (Wildman–Crippen MR) is 110 cm³/mol. The molecule has 1 aromatic carbocycles. The minimum atomic E-state index is -0.765. The van der Waals surface area contributed by atoms with Gasteiger partial charge in [-0.1, -0.05) is 12.1 Å². The van der Waals surface area contributed by atoms with E-state index in [1.807, 2.05) is 36.1 Å². The number of anilines is 1. The fraction of sp³-hybridized carbons (Fsp3) is 0.619. The molecule has 0 aromatic heterocycles. The average molecular weight is 389 g/mol. The van der Waals surface area contributed by atoms with E-state index in [4.69, 9.17) is 5.11 Å². The highest BCUT2D eigenvalue weighted by molar-refractivity contribution is 5.89. The molecule has 0 unspecified atom stereocenters. The van der Waals surface area contributed by atoms with E-state index in [0.717, 1.165) is 43.9 Å². The summed E-state index contributed by atoms with van der Waals surface area (Å²) >= 11 is 0. The van der Waals surface area contributed by atoms with E-state index in [9.17, 15) is 9.59 Å². The first-order valence-electron chi connectivity index (χ1n) is 10.2. The first-order valence-corrected chi connectivity index (χ1v) is 10.2. The van der Waals surface area contributed by atoms with Gasteiger partial charge >= 0.3 is 12.0 Å². The minimum Gasteiger partial charge on any atom is -0.481 e. The number of nitrogens with one attached hydrogen (secondary N) is 1. The van der Waals surface area contributed by atoms with Crippen molar-refractivity contribution in [3.63, 3.8) is 0 Å². The Morgan fingerprint density at radius 1 is 1.18 bits per heavy atom. The molecule has 0 radical (unpaired) electrons. The average Bonchev–Trinajstić information content (AvgIpc) is 2.67. The van der Waals surface area contributed by atoms with Gasteiger partial charge in [-0.05, 0) is 50.4 Å². The third-order valence-electron chi connectivity index (χ3n) is 5.99. The van der Waals surface area contributed by atoms with Crippen molar-refractivity contribution in [3.05, 3.63) is 29.8 Å². The van der Waals surface area contributed by atoms with Crippen LogP contribution in [0.3, 0.4) is 0 Å². The number of carboxylic acids is 1. The van der Waals surface area contributed by atoms with Gasteiger partial charge in [-0.25, -0.2) is 4.79 Å². The smallest absolute Gasteiger partial charge is 0.321 e. The van der Waals surface area contributed by atoms with E-state index in [-0.39, 0.29) is 18.4 Å². The van der Waals surface area contributed by atoms with Gasteiger partial charge < -0.3 is 20.2 Å². The molecular formula is C21H32N4O3. The third-order valence-corrected chi connectivity index (χ3v) is 5.99. The standard InChI is InChI=1S/C21H32N4O3/c1-16-4-3-5-18(14-16)22-21(28)25-9-8-19(17(15-25)6-7-20(26)27)24-12-10-23(2)11-13-24/h3-5,14,17,19H,6-13,15H2,1-2H3,(H,22,28)(H,26,27)/t17-,19+/m0/s1. The molecule has 7 heteroatoms. The second-order valence-corrected chi connectivity index (χ2v) is 8.13. The Morgan fingerprint density at radius 2 is 1.93 bits per heavy atom. The number of carboxylic acid groups (broad SMARTS) is 1. The zero-order valence-corrected chi connectivity index (χ0v) is 16.9. The molecule has 2 amide bonds. The number of likely N-dealkylation sites (N-methyl/N-ethyl adjacent to an activating group) is 1. The van der Waals surface area contributed by atoms with Crippen molar-refractivity contribution >= 4 is 17.7 Å². The molecule has 2 atom stereocenters. The molecule has 2 fully saturated rings. The lowest BCUT2D eigenvalue weighted by molar-refractivity contribution is -0.137. The van der Waals surface area contributed by atoms with Crippen LogP contribution in [-0.4, -0.2) is 84.2 Å². The summed E-state index contributed by atoms with van der Waals surface area (Å²) in [6.07, 6.45) is 1.66. The van der Waals surface area contributed by atoms with Crippen LogP contribution >= 0.6 is 0 Å². The molecule has 28 heavy (non-hydrogen) atoms. The van der Waals surface area contributed by atoms with Crippen molar-refractivity contribution in [1.82, 2.24) is 14.7 Å². The highest BCUT2D eigenvalue weighted by Gasteiger charge is 2.36. The summed E-state index contributed by atoms with van der Waals surface area (Å²) in [5, 5.41) is 12.1. The van der Waals surface area contributed by atoms with Crippen molar-refractivity contribution in [2.45, 2.75) is 32.2 Å². The molecule has 2 heterocycles. The molecule has 2 aliphatic rings. The Morgan fingerprint density at radius 3 is 2.61 bits per heavy atom. The van der Waals surface area contributed by atoms with Crippen LogP contribution in [0, 0.1) is 12.8 Å². The van der Waals surface area contributed by atoms with Crippen molar-refractivity contribution in [2.24, 2.45) is 5.92 Å². The molecule has 0 aliphatic carbocycles. The maximum atomic E-state index is 12.8. The quantitative estimate of drug-likeness (QED) is 0.810. The van der Waals surface area contributed by atoms with Crippen molar-refractivity contribution < 1.29 is 14.7 Å². The Kier molecular flexibility index (Phi) is 6.91. The van der Waals surface area contributed by atoms with E-state index in [1.54, 1.807) is 0 Å². The van der Waals surface area contributed by atoms with Crippen LogP contribution in [0.5, 0.6) is 0 Å². The van der Waals surface area contributed by atoms with Gasteiger partial charge in [0.15, 0.2) is 0 Å². The number of aliphatic carboxylic acids is 1. The number of rotatable bonds is 5. The van der Waals surface area contributed by atoms with Gasteiger partial charge in [0.1, 0.15) is 0 Å². The number of hydrogen-bond donors (Lipinski definition) is 2. The molecular weight excluding hydrogens is 356 g/mol. The number of urea groups is 1. The van der Waals surface area contributed by atoms with E-state index in [2.05, 4.69) is 22.2 Å². The Hall–Kier alpha value is -2.12. The summed E-state index contributed by atoms with van der Waals surface area (Å²) in [6, 6.07) is 8.04. The number of carbonyl (C=O) groups is 2. The summed E-state index contributed by atoms with van der Waals surface area (Å²) in [5.41, 5.74) is 1.90. The van der Waals surface area contributed by atoms with Gasteiger partial charge in [0, 0.05) is 57.4 Å². The second kappa shape index (κ2) is 9.39. The maximum absolute atomic E-state index is 12.8. The molecule has 1 aromatic rings. The fourth-order valence-electron chi connectivity index (χ4n) is 4.36. The number of likely N-dealkylation sites (tertiary alicyclic amines) is 1. The molecule has 154 valence electrons. The number of hydrogen-bond acceptors (Lipinski definition) is 4. The van der Waals surface area contributed by atoms with Crippen LogP contribution in [0.25, 0.3) is 0 Å². The highest BCUT2D eigenvalue weighted by Crippen LogP contribution is 2.27. The summed E-state index contributed by atoms with van der Waals surface area (Å²) in [7, 11) is 2.14. The van der Waals surface area contributed by atoms with Crippen LogP contribution in [0.1, 0.15) is 24.8 Å². The molecule has 7 nitrogen and oxygen atoms in total. The Balaban J connectivity index is 1.64. The molecule has 2 N–H and O–H groups in total. The first kappa shape index (κ1) is 20.6. The summed E-state index contributed by atoms with van der Waals surface area (Å²) in [6.45, 7) is 7.43. The lowest BCUT2D eigenvalue weighted by Crippen LogP contribution is -2.57. The number of nitrogens with zero attached hydrogens (tertiary/aromatic N) is 3. The third kappa shape index (κ3) is 5.45. The second-order valence-electron chi connectivity index (χ2n) is 8.13. The van der Waals surface area contributed by atoms with E-state index < -0.39 is 5.97 Å². The topological polar surface area (TPSA) is 76.1 Å². The van der Waals surface area contributed by atoms with Gasteiger partial charge in [0.05, 0.1) is 0 Å². The Bertz CT molecular complexity index is 688. The van der Waals surface area contributed by atoms with Crippen LogP contribution in [-0.2, 0) is 4.79 Å². The van der Waals surface area contributed by atoms with Crippen LogP contribution < -0.4 is 5.32 Å². The summed E-state index contributed by atoms with van der Waals surface area (Å²) < 4.78 is 0. The van der Waals surface area contributed by atoms with Gasteiger partial charge in [-0.15, -0.1) is 0 Å². The van der Waals surface area contributed by atoms with Crippen LogP contribution in [0.2, 0.25) is 0 Å². The number of benzene rings is 1. The number of piperazine rings is 1. The highest BCUT2D eigenvalue weighted by atomic mass is 16.4. The number of piperidine rings is 1. The SMILES string of the molecule is Cc1cccc(NC(=O)N2CC[C@@H](N3CCN(C)CC3)[C@@H](CCC(=O)O)C2)c1. The van der Waals surface area contributed by atoms with E-state index >= 15 is 0 Å². The monoisotopic (exact) mass is 388 g/mol. The molecule has 2 saturated heterocycles. The Labute approximate surface area is 167 Å². The minimum absolute atomic E-state index is 0.0947. The van der Waals surface area contributed by atoms with Gasteiger partial charge in [0.2, 0.25) is 0 Å². The van der Waals surface area contributed by atoms with Crippen molar-refractivity contribution in [3.8, 4) is 0 Å². The molecule has 0 spiro atoms. The normalized spacial score (nSPS) is 24.1. The van der Waals surface area contributed by atoms with Crippen LogP contribution in [0.15, 0.2) is 24.3 Å². The van der Waals surface area contributed by atoms with E-state index in [1.165, 1.54) is 0 Å². The van der Waals surface area contributed by atoms with Crippen molar-refractivity contribution in [1.29, 1.82) is 0 Å². The van der Waals surface area contributed by atoms with Crippen LogP contribution in [0.4, 0.5) is 10.5 Å². The largest absolute Gasteiger partial charge is 0.481 e. The zero-order chi connectivity index (χ0) is 20.1. The number of carbonyl (C=O) groups excluding carboxylic acids is 1. The van der Waals surface area contributed by atoms with E-state index in [0.29, 0.717) is 25.6 Å². The first-order chi connectivity index (χ1) is 13.4. The lowest BCUT2D eigenvalue weighted by Gasteiger charge is -2.46. The number of aryl methyl sites for hydroxylation is 1. The summed E-state index contributed by atoms with van der Waals surface area (Å²) in [5.74, 6) is -0.574. The molecule has 0 saturated carbocycles. The molecule has 3 rings (SSSR count). The van der Waals surface area contributed by atoms with Gasteiger partial charge in [-0.2, -0.15) is 0 Å². The molecule has 2 aliphatic heterocycles. The van der Waals surface area contributed by atoms with Gasteiger partial charge in [-0.3, -0.25) is 9.69 Å². The van der Waals surface area contributed by atoms with Gasteiger partial charge in [0.25, 0.3) is 0 Å². The fourth-order valence-corrected chi connectivity index (χ4v) is 4.36.